The summed E-state index contributed by atoms with van der Waals surface area (Å²) in [6.45, 7) is -0.148. The predicted octanol–water partition coefficient (Wildman–Crippen LogP) is 3.95. The molecular formula is C18H11F3N2O2S. The molecule has 0 bridgehead atoms. The Labute approximate surface area is 150 Å². The monoisotopic (exact) mass is 376 g/mol. The summed E-state index contributed by atoms with van der Waals surface area (Å²) in [5.74, 6) is 2.77. The van der Waals surface area contributed by atoms with Crippen LogP contribution in [0.2, 0.25) is 0 Å². The Bertz CT molecular complexity index is 1010. The van der Waals surface area contributed by atoms with Gasteiger partial charge in [-0.3, -0.25) is 4.79 Å². The van der Waals surface area contributed by atoms with Crippen LogP contribution >= 0.6 is 11.3 Å². The van der Waals surface area contributed by atoms with E-state index in [9.17, 15) is 18.0 Å². The van der Waals surface area contributed by atoms with Gasteiger partial charge in [0.2, 0.25) is 0 Å². The molecule has 0 aliphatic carbocycles. The first-order valence-electron chi connectivity index (χ1n) is 7.36. The van der Waals surface area contributed by atoms with E-state index in [1.54, 1.807) is 18.2 Å². The minimum absolute atomic E-state index is 0.148. The molecular weight excluding hydrogens is 365 g/mol. The second kappa shape index (κ2) is 7.15. The average Bonchev–Trinajstić information content (AvgIpc) is 3.02. The number of aromatic nitrogens is 1. The number of alkyl halides is 3. The van der Waals surface area contributed by atoms with Gasteiger partial charge in [-0.1, -0.05) is 5.92 Å². The second-order valence-electron chi connectivity index (χ2n) is 5.23. The number of thiazole rings is 1. The zero-order chi connectivity index (χ0) is 18.7. The number of anilines is 1. The van der Waals surface area contributed by atoms with Crippen molar-refractivity contribution in [3.05, 3.63) is 58.6 Å². The van der Waals surface area contributed by atoms with Crippen molar-refractivity contribution >= 4 is 33.1 Å². The van der Waals surface area contributed by atoms with E-state index in [1.165, 1.54) is 41.5 Å². The largest absolute Gasteiger partial charge is 0.458 e. The topological polar surface area (TPSA) is 62.2 Å². The molecule has 0 fully saturated rings. The van der Waals surface area contributed by atoms with Gasteiger partial charge in [0.25, 0.3) is 5.91 Å². The Morgan fingerprint density at radius 3 is 2.58 bits per heavy atom. The fourth-order valence-corrected chi connectivity index (χ4v) is 2.98. The van der Waals surface area contributed by atoms with Crippen LogP contribution < -0.4 is 5.32 Å². The summed E-state index contributed by atoms with van der Waals surface area (Å²) in [6, 6.07) is 10.7. The lowest BCUT2D eigenvalue weighted by atomic mass is 10.1. The third kappa shape index (κ3) is 4.39. The fourth-order valence-electron chi connectivity index (χ4n) is 2.17. The van der Waals surface area contributed by atoms with Crippen molar-refractivity contribution in [3.63, 3.8) is 0 Å². The van der Waals surface area contributed by atoms with Crippen molar-refractivity contribution in [1.29, 1.82) is 0 Å². The first-order chi connectivity index (χ1) is 12.3. The predicted molar refractivity (Wildman–Crippen MR) is 92.9 cm³/mol. The van der Waals surface area contributed by atoms with Gasteiger partial charge in [0.05, 0.1) is 16.8 Å². The van der Waals surface area contributed by atoms with Crippen LogP contribution in [0.25, 0.3) is 10.2 Å². The SMILES string of the molecule is O=C(Nc1ccc2sc(CO)nc2c1)c1ccc(C#CC(F)(F)F)cc1. The average molecular weight is 376 g/mol. The van der Waals surface area contributed by atoms with Crippen LogP contribution in [0.15, 0.2) is 42.5 Å². The van der Waals surface area contributed by atoms with Crippen molar-refractivity contribution in [1.82, 2.24) is 4.98 Å². The summed E-state index contributed by atoms with van der Waals surface area (Å²) in [7, 11) is 0. The molecule has 26 heavy (non-hydrogen) atoms. The summed E-state index contributed by atoms with van der Waals surface area (Å²) < 4.78 is 37.1. The number of carbonyl (C=O) groups is 1. The first-order valence-corrected chi connectivity index (χ1v) is 8.17. The minimum atomic E-state index is -4.56. The highest BCUT2D eigenvalue weighted by Crippen LogP contribution is 2.25. The Kier molecular flexibility index (Phi) is 4.93. The van der Waals surface area contributed by atoms with E-state index < -0.39 is 12.1 Å². The number of hydrogen-bond donors (Lipinski definition) is 2. The summed E-state index contributed by atoms with van der Waals surface area (Å²) in [6.07, 6.45) is -4.56. The van der Waals surface area contributed by atoms with Crippen LogP contribution in [-0.4, -0.2) is 22.2 Å². The second-order valence-corrected chi connectivity index (χ2v) is 6.34. The third-order valence-electron chi connectivity index (χ3n) is 3.32. The smallest absolute Gasteiger partial charge is 0.389 e. The molecule has 0 spiro atoms. The number of amides is 1. The zero-order valence-electron chi connectivity index (χ0n) is 13.1. The van der Waals surface area contributed by atoms with Crippen molar-refractivity contribution < 1.29 is 23.1 Å². The standard InChI is InChI=1S/C18H11F3N2O2S/c19-18(20,21)8-7-11-1-3-12(4-2-11)17(25)22-13-5-6-15-14(9-13)23-16(10-24)26-15/h1-6,9,24H,10H2,(H,22,25). The van der Waals surface area contributed by atoms with Crippen LogP contribution in [0.1, 0.15) is 20.9 Å². The van der Waals surface area contributed by atoms with Crippen LogP contribution in [0.4, 0.5) is 18.9 Å². The number of nitrogens with one attached hydrogen (secondary N) is 1. The molecule has 1 heterocycles. The Morgan fingerprint density at radius 2 is 1.92 bits per heavy atom. The van der Waals surface area contributed by atoms with Gasteiger partial charge in [0.1, 0.15) is 5.01 Å². The van der Waals surface area contributed by atoms with E-state index in [2.05, 4.69) is 10.3 Å². The van der Waals surface area contributed by atoms with Gasteiger partial charge in [0, 0.05) is 22.7 Å². The van der Waals surface area contributed by atoms with E-state index in [0.717, 1.165) is 4.70 Å². The lowest BCUT2D eigenvalue weighted by Crippen LogP contribution is -2.11. The number of carbonyl (C=O) groups excluding carboxylic acids is 1. The number of nitrogens with zero attached hydrogens (tertiary/aromatic N) is 1. The fraction of sp³-hybridized carbons (Fsp3) is 0.111. The number of aliphatic hydroxyl groups is 1. The van der Waals surface area contributed by atoms with Crippen molar-refractivity contribution in [3.8, 4) is 11.8 Å². The van der Waals surface area contributed by atoms with Gasteiger partial charge >= 0.3 is 6.18 Å². The highest BCUT2D eigenvalue weighted by Gasteiger charge is 2.22. The Morgan fingerprint density at radius 1 is 1.19 bits per heavy atom. The number of fused-ring (bicyclic) bond motifs is 1. The van der Waals surface area contributed by atoms with E-state index in [0.29, 0.717) is 16.2 Å². The molecule has 4 nitrogen and oxygen atoms in total. The highest BCUT2D eigenvalue weighted by atomic mass is 32.1. The van der Waals surface area contributed by atoms with Gasteiger partial charge < -0.3 is 10.4 Å². The maximum absolute atomic E-state index is 12.3. The third-order valence-corrected chi connectivity index (χ3v) is 4.34. The zero-order valence-corrected chi connectivity index (χ0v) is 13.9. The van der Waals surface area contributed by atoms with Crippen LogP contribution in [0.5, 0.6) is 0 Å². The number of benzene rings is 2. The van der Waals surface area contributed by atoms with Crippen LogP contribution in [-0.2, 0) is 6.61 Å². The minimum Gasteiger partial charge on any atom is -0.389 e. The summed E-state index contributed by atoms with van der Waals surface area (Å²) in [4.78, 5) is 16.5. The van der Waals surface area contributed by atoms with E-state index in [1.807, 2.05) is 5.92 Å². The molecule has 0 radical (unpaired) electrons. The molecule has 0 aliphatic rings. The normalized spacial score (nSPS) is 11.1. The van der Waals surface area contributed by atoms with Crippen molar-refractivity contribution in [2.24, 2.45) is 0 Å². The van der Waals surface area contributed by atoms with E-state index >= 15 is 0 Å². The molecule has 0 atom stereocenters. The molecule has 0 saturated heterocycles. The highest BCUT2D eigenvalue weighted by molar-refractivity contribution is 7.18. The quantitative estimate of drug-likeness (QED) is 0.681. The van der Waals surface area contributed by atoms with Crippen LogP contribution in [0.3, 0.4) is 0 Å². The lowest BCUT2D eigenvalue weighted by Gasteiger charge is -2.05. The molecule has 0 aliphatic heterocycles. The van der Waals surface area contributed by atoms with E-state index in [4.69, 9.17) is 5.11 Å². The molecule has 0 unspecified atom stereocenters. The Balaban J connectivity index is 1.74. The molecule has 2 aromatic carbocycles. The van der Waals surface area contributed by atoms with Gasteiger partial charge in [-0.25, -0.2) is 4.98 Å². The Hall–Kier alpha value is -2.89. The molecule has 0 saturated carbocycles. The molecule has 3 aromatic rings. The molecule has 1 aromatic heterocycles. The number of hydrogen-bond acceptors (Lipinski definition) is 4. The maximum atomic E-state index is 12.3. The molecule has 8 heteroatoms. The number of rotatable bonds is 3. The molecule has 132 valence electrons. The van der Waals surface area contributed by atoms with Gasteiger partial charge in [-0.2, -0.15) is 13.2 Å². The first kappa shape index (κ1) is 17.9. The molecule has 2 N–H and O–H groups in total. The number of halogens is 3. The molecule has 1 amide bonds. The van der Waals surface area contributed by atoms with Gasteiger partial charge in [-0.05, 0) is 42.5 Å². The maximum Gasteiger partial charge on any atom is 0.458 e. The summed E-state index contributed by atoms with van der Waals surface area (Å²) in [5.41, 5.74) is 1.64. The van der Waals surface area contributed by atoms with Gasteiger partial charge in [0.15, 0.2) is 0 Å². The lowest BCUT2D eigenvalue weighted by molar-refractivity contribution is -0.0696. The summed E-state index contributed by atoms with van der Waals surface area (Å²) >= 11 is 1.36. The summed E-state index contributed by atoms with van der Waals surface area (Å²) in [5, 5.41) is 12.4. The van der Waals surface area contributed by atoms with Crippen LogP contribution in [0, 0.1) is 11.8 Å². The number of aliphatic hydroxyl groups excluding tert-OH is 1. The molecule has 3 rings (SSSR count). The van der Waals surface area contributed by atoms with Crippen molar-refractivity contribution in [2.75, 3.05) is 5.32 Å². The van der Waals surface area contributed by atoms with E-state index in [-0.39, 0.29) is 17.7 Å². The van der Waals surface area contributed by atoms with Gasteiger partial charge in [-0.15, -0.1) is 11.3 Å². The van der Waals surface area contributed by atoms with Crippen molar-refractivity contribution in [2.45, 2.75) is 12.8 Å².